The van der Waals surface area contributed by atoms with Crippen molar-refractivity contribution >= 4 is 34.0 Å². The fourth-order valence-electron chi connectivity index (χ4n) is 2.37. The van der Waals surface area contributed by atoms with Crippen LogP contribution in [-0.4, -0.2) is 22.2 Å². The number of halogens is 1. The van der Waals surface area contributed by atoms with Crippen LogP contribution in [0.25, 0.3) is 10.6 Å². The molecule has 1 aromatic heterocycles. The average molecular weight is 388 g/mol. The van der Waals surface area contributed by atoms with Crippen molar-refractivity contribution in [1.29, 1.82) is 0 Å². The third-order valence-electron chi connectivity index (χ3n) is 3.75. The number of aromatic nitrogens is 2. The maximum Gasteiger partial charge on any atom is 0.266 e. The number of hydrogen-bond donors (Lipinski definition) is 1. The number of aryl methyl sites for hydroxylation is 2. The lowest BCUT2D eigenvalue weighted by atomic mass is 10.1. The predicted octanol–water partition coefficient (Wildman–Crippen LogP) is 4.88. The lowest BCUT2D eigenvalue weighted by Crippen LogP contribution is -2.30. The van der Waals surface area contributed by atoms with Gasteiger partial charge in [-0.15, -0.1) is 10.2 Å². The Morgan fingerprint density at radius 3 is 2.58 bits per heavy atom. The third kappa shape index (κ3) is 4.39. The summed E-state index contributed by atoms with van der Waals surface area (Å²) in [6.07, 6.45) is -0.653. The fraction of sp³-hybridized carbons (Fsp3) is 0.211. The van der Waals surface area contributed by atoms with Crippen molar-refractivity contribution in [3.05, 3.63) is 58.6 Å². The van der Waals surface area contributed by atoms with Gasteiger partial charge in [0.05, 0.1) is 0 Å². The van der Waals surface area contributed by atoms with Crippen molar-refractivity contribution in [2.45, 2.75) is 26.9 Å². The number of amides is 1. The third-order valence-corrected chi connectivity index (χ3v) is 4.89. The minimum atomic E-state index is -0.653. The van der Waals surface area contributed by atoms with Gasteiger partial charge in [-0.05, 0) is 44.5 Å². The molecule has 0 aliphatic rings. The number of benzene rings is 2. The summed E-state index contributed by atoms with van der Waals surface area (Å²) in [6, 6.07) is 13.1. The maximum absolute atomic E-state index is 12.4. The number of anilines is 1. The Kier molecular flexibility index (Phi) is 5.54. The van der Waals surface area contributed by atoms with Gasteiger partial charge in [0.1, 0.15) is 10.8 Å². The van der Waals surface area contributed by atoms with Crippen LogP contribution in [0, 0.1) is 13.8 Å². The molecule has 0 radical (unpaired) electrons. The van der Waals surface area contributed by atoms with Gasteiger partial charge in [-0.2, -0.15) is 0 Å². The molecule has 3 rings (SSSR count). The van der Waals surface area contributed by atoms with Gasteiger partial charge >= 0.3 is 0 Å². The minimum absolute atomic E-state index is 0.274. The fourth-order valence-corrected chi connectivity index (χ4v) is 3.24. The highest BCUT2D eigenvalue weighted by Crippen LogP contribution is 2.27. The predicted molar refractivity (Wildman–Crippen MR) is 105 cm³/mol. The molecule has 0 saturated heterocycles. The largest absolute Gasteiger partial charge is 0.481 e. The van der Waals surface area contributed by atoms with Crippen molar-refractivity contribution in [1.82, 2.24) is 10.2 Å². The number of nitrogens with zero attached hydrogens (tertiary/aromatic N) is 2. The molecular formula is C19H18ClN3O2S. The summed E-state index contributed by atoms with van der Waals surface area (Å²) in [6.45, 7) is 5.67. The Morgan fingerprint density at radius 2 is 1.88 bits per heavy atom. The van der Waals surface area contributed by atoms with Crippen molar-refractivity contribution in [2.75, 3.05) is 5.32 Å². The van der Waals surface area contributed by atoms with Gasteiger partial charge in [-0.1, -0.05) is 52.8 Å². The number of carbonyl (C=O) groups is 1. The highest BCUT2D eigenvalue weighted by Gasteiger charge is 2.18. The topological polar surface area (TPSA) is 64.1 Å². The van der Waals surface area contributed by atoms with Crippen LogP contribution in [-0.2, 0) is 4.79 Å². The number of hydrogen-bond acceptors (Lipinski definition) is 5. The van der Waals surface area contributed by atoms with Crippen LogP contribution >= 0.6 is 22.9 Å². The Bertz CT molecular complexity index is 925. The lowest BCUT2D eigenvalue weighted by molar-refractivity contribution is -0.122. The van der Waals surface area contributed by atoms with E-state index in [9.17, 15) is 4.79 Å². The van der Waals surface area contributed by atoms with Crippen LogP contribution in [0.15, 0.2) is 42.5 Å². The van der Waals surface area contributed by atoms with Crippen LogP contribution in [0.4, 0.5) is 5.13 Å². The Hall–Kier alpha value is -2.44. The lowest BCUT2D eigenvalue weighted by Gasteiger charge is -2.15. The van der Waals surface area contributed by atoms with E-state index >= 15 is 0 Å². The number of rotatable bonds is 5. The second kappa shape index (κ2) is 7.85. The highest BCUT2D eigenvalue weighted by atomic mass is 35.5. The molecule has 1 unspecified atom stereocenters. The van der Waals surface area contributed by atoms with Gasteiger partial charge in [-0.25, -0.2) is 0 Å². The molecule has 7 heteroatoms. The maximum atomic E-state index is 12.4. The molecule has 0 aliphatic carbocycles. The second-order valence-electron chi connectivity index (χ2n) is 5.94. The number of ether oxygens (including phenoxy) is 1. The molecule has 0 saturated carbocycles. The first-order valence-corrected chi connectivity index (χ1v) is 9.26. The van der Waals surface area contributed by atoms with E-state index in [0.717, 1.165) is 16.7 Å². The summed E-state index contributed by atoms with van der Waals surface area (Å²) >= 11 is 7.19. The molecule has 1 atom stereocenters. The SMILES string of the molecule is Cc1ccc(OC(C)C(=O)Nc2nnc(-c3ccc(Cl)cc3)s2)c(C)c1. The standard InChI is InChI=1S/C19H18ClN3O2S/c1-11-4-9-16(12(2)10-11)25-13(3)17(24)21-19-23-22-18(26-19)14-5-7-15(20)8-6-14/h4-10,13H,1-3H3,(H,21,23,24). The van der Waals surface area contributed by atoms with E-state index in [1.165, 1.54) is 11.3 Å². The molecule has 2 aromatic carbocycles. The molecule has 3 aromatic rings. The first-order chi connectivity index (χ1) is 12.4. The normalized spacial score (nSPS) is 11.8. The van der Waals surface area contributed by atoms with Crippen molar-refractivity contribution < 1.29 is 9.53 Å². The molecule has 1 N–H and O–H groups in total. The zero-order valence-corrected chi connectivity index (χ0v) is 16.2. The van der Waals surface area contributed by atoms with E-state index in [0.29, 0.717) is 20.9 Å². The summed E-state index contributed by atoms with van der Waals surface area (Å²) in [5, 5.41) is 12.7. The number of nitrogens with one attached hydrogen (secondary N) is 1. The first kappa shape index (κ1) is 18.4. The molecule has 0 spiro atoms. The molecule has 0 bridgehead atoms. The van der Waals surface area contributed by atoms with Crippen LogP contribution in [0.2, 0.25) is 5.02 Å². The molecule has 134 valence electrons. The van der Waals surface area contributed by atoms with E-state index in [2.05, 4.69) is 15.5 Å². The van der Waals surface area contributed by atoms with Crippen molar-refractivity contribution in [2.24, 2.45) is 0 Å². The second-order valence-corrected chi connectivity index (χ2v) is 7.35. The van der Waals surface area contributed by atoms with E-state index in [4.69, 9.17) is 16.3 Å². The monoisotopic (exact) mass is 387 g/mol. The average Bonchev–Trinajstić information content (AvgIpc) is 3.06. The van der Waals surface area contributed by atoms with E-state index in [1.54, 1.807) is 19.1 Å². The zero-order valence-electron chi connectivity index (χ0n) is 14.6. The van der Waals surface area contributed by atoms with E-state index < -0.39 is 6.10 Å². The van der Waals surface area contributed by atoms with Crippen LogP contribution < -0.4 is 10.1 Å². The highest BCUT2D eigenvalue weighted by molar-refractivity contribution is 7.18. The molecule has 1 heterocycles. The summed E-state index contributed by atoms with van der Waals surface area (Å²) < 4.78 is 5.77. The minimum Gasteiger partial charge on any atom is -0.481 e. The summed E-state index contributed by atoms with van der Waals surface area (Å²) in [4.78, 5) is 12.4. The van der Waals surface area contributed by atoms with Gasteiger partial charge in [0, 0.05) is 10.6 Å². The first-order valence-electron chi connectivity index (χ1n) is 8.06. The zero-order chi connectivity index (χ0) is 18.7. The summed E-state index contributed by atoms with van der Waals surface area (Å²) in [5.41, 5.74) is 3.04. The van der Waals surface area contributed by atoms with E-state index in [-0.39, 0.29) is 5.91 Å². The van der Waals surface area contributed by atoms with Crippen LogP contribution in [0.3, 0.4) is 0 Å². The van der Waals surface area contributed by atoms with Gasteiger partial charge < -0.3 is 4.74 Å². The Labute approximate surface area is 161 Å². The van der Waals surface area contributed by atoms with Crippen molar-refractivity contribution in [3.8, 4) is 16.3 Å². The Morgan fingerprint density at radius 1 is 1.15 bits per heavy atom. The smallest absolute Gasteiger partial charge is 0.266 e. The molecule has 26 heavy (non-hydrogen) atoms. The van der Waals surface area contributed by atoms with Gasteiger partial charge in [0.15, 0.2) is 6.10 Å². The van der Waals surface area contributed by atoms with E-state index in [1.807, 2.05) is 44.2 Å². The van der Waals surface area contributed by atoms with Gasteiger partial charge in [0.25, 0.3) is 5.91 Å². The Balaban J connectivity index is 1.65. The number of carbonyl (C=O) groups excluding carboxylic acids is 1. The quantitative estimate of drug-likeness (QED) is 0.677. The summed E-state index contributed by atoms with van der Waals surface area (Å²) in [7, 11) is 0. The van der Waals surface area contributed by atoms with Crippen LogP contribution in [0.1, 0.15) is 18.1 Å². The molecule has 0 aliphatic heterocycles. The van der Waals surface area contributed by atoms with Gasteiger partial charge in [0.2, 0.25) is 5.13 Å². The summed E-state index contributed by atoms with van der Waals surface area (Å²) in [5.74, 6) is 0.418. The molecular weight excluding hydrogens is 370 g/mol. The molecule has 0 fully saturated rings. The molecule has 1 amide bonds. The van der Waals surface area contributed by atoms with Gasteiger partial charge in [-0.3, -0.25) is 10.1 Å². The molecule has 5 nitrogen and oxygen atoms in total. The van der Waals surface area contributed by atoms with Crippen LogP contribution in [0.5, 0.6) is 5.75 Å². The van der Waals surface area contributed by atoms with Crippen molar-refractivity contribution in [3.63, 3.8) is 0 Å².